The predicted octanol–water partition coefficient (Wildman–Crippen LogP) is 2.91. The minimum atomic E-state index is -3.79. The molecule has 2 aromatic rings. The summed E-state index contributed by atoms with van der Waals surface area (Å²) in [5, 5.41) is 2.65. The van der Waals surface area contributed by atoms with E-state index >= 15 is 0 Å². The molecule has 0 spiro atoms. The number of nitrogens with zero attached hydrogens (tertiary/aromatic N) is 1. The first kappa shape index (κ1) is 21.8. The highest BCUT2D eigenvalue weighted by Crippen LogP contribution is 2.30. The van der Waals surface area contributed by atoms with Gasteiger partial charge in [-0.2, -0.15) is 4.31 Å². The molecule has 1 aliphatic rings. The molecular weight excluding hydrogens is 408 g/mol. The summed E-state index contributed by atoms with van der Waals surface area (Å²) in [6, 6.07) is 10.7. The lowest BCUT2D eigenvalue weighted by atomic mass is 10.1. The zero-order chi connectivity index (χ0) is 21.7. The second-order valence-electron chi connectivity index (χ2n) is 6.70. The predicted molar refractivity (Wildman–Crippen MR) is 111 cm³/mol. The third kappa shape index (κ3) is 4.47. The van der Waals surface area contributed by atoms with Gasteiger partial charge in [-0.05, 0) is 50.1 Å². The van der Waals surface area contributed by atoms with E-state index in [1.165, 1.54) is 35.7 Å². The molecule has 0 radical (unpaired) electrons. The molecule has 160 valence electrons. The van der Waals surface area contributed by atoms with E-state index in [-0.39, 0.29) is 27.5 Å². The molecule has 0 saturated carbocycles. The Morgan fingerprint density at radius 2 is 1.80 bits per heavy atom. The van der Waals surface area contributed by atoms with Crippen LogP contribution in [-0.4, -0.2) is 51.4 Å². The average molecular weight is 432 g/mol. The fourth-order valence-corrected chi connectivity index (χ4v) is 4.94. The number of methoxy groups -OCH3 is 1. The Labute approximate surface area is 175 Å². The topological polar surface area (TPSA) is 102 Å². The first-order chi connectivity index (χ1) is 14.4. The number of hydrogen-bond acceptors (Lipinski definition) is 6. The number of ether oxygens (including phenoxy) is 2. The number of sulfonamides is 1. The minimum Gasteiger partial charge on any atom is -0.492 e. The van der Waals surface area contributed by atoms with Crippen molar-refractivity contribution >= 4 is 27.6 Å². The van der Waals surface area contributed by atoms with E-state index in [1.54, 1.807) is 25.1 Å². The zero-order valence-corrected chi connectivity index (χ0v) is 17.7. The summed E-state index contributed by atoms with van der Waals surface area (Å²) in [6.07, 6.45) is 1.60. The number of benzene rings is 2. The summed E-state index contributed by atoms with van der Waals surface area (Å²) < 4.78 is 37.8. The van der Waals surface area contributed by atoms with Gasteiger partial charge < -0.3 is 14.8 Å². The zero-order valence-electron chi connectivity index (χ0n) is 16.9. The normalized spacial score (nSPS) is 14.3. The van der Waals surface area contributed by atoms with Crippen LogP contribution < -0.4 is 10.1 Å². The number of carbonyl (C=O) groups is 2. The Morgan fingerprint density at radius 1 is 1.10 bits per heavy atom. The number of para-hydroxylation sites is 1. The van der Waals surface area contributed by atoms with Crippen LogP contribution in [0, 0.1) is 0 Å². The first-order valence-corrected chi connectivity index (χ1v) is 11.1. The number of carbonyl (C=O) groups excluding carboxylic acids is 2. The molecule has 0 aromatic heterocycles. The van der Waals surface area contributed by atoms with Gasteiger partial charge >= 0.3 is 5.97 Å². The van der Waals surface area contributed by atoms with Gasteiger partial charge in [-0.15, -0.1) is 0 Å². The SMILES string of the molecule is CCOc1ccc(C(=O)Nc2ccccc2C(=O)OC)cc1S(=O)(=O)N1CCCC1. The van der Waals surface area contributed by atoms with Crippen molar-refractivity contribution in [2.75, 3.05) is 32.1 Å². The summed E-state index contributed by atoms with van der Waals surface area (Å²) >= 11 is 0. The summed E-state index contributed by atoms with van der Waals surface area (Å²) in [4.78, 5) is 24.7. The molecule has 0 unspecified atom stereocenters. The van der Waals surface area contributed by atoms with Crippen molar-refractivity contribution in [2.24, 2.45) is 0 Å². The highest BCUT2D eigenvalue weighted by Gasteiger charge is 2.31. The van der Waals surface area contributed by atoms with Crippen LogP contribution in [-0.2, 0) is 14.8 Å². The van der Waals surface area contributed by atoms with E-state index in [0.717, 1.165) is 12.8 Å². The molecule has 1 aliphatic heterocycles. The van der Waals surface area contributed by atoms with Crippen LogP contribution in [0.4, 0.5) is 5.69 Å². The van der Waals surface area contributed by atoms with E-state index in [0.29, 0.717) is 19.7 Å². The molecule has 2 aromatic carbocycles. The van der Waals surface area contributed by atoms with E-state index in [2.05, 4.69) is 5.32 Å². The van der Waals surface area contributed by atoms with Crippen LogP contribution >= 0.6 is 0 Å². The van der Waals surface area contributed by atoms with E-state index in [1.807, 2.05) is 0 Å². The standard InChI is InChI=1S/C21H24N2O6S/c1-3-29-18-11-10-15(14-19(18)30(26,27)23-12-6-7-13-23)20(24)22-17-9-5-4-8-16(17)21(25)28-2/h4-5,8-11,14H,3,6-7,12-13H2,1-2H3,(H,22,24). The van der Waals surface area contributed by atoms with Crippen LogP contribution in [0.3, 0.4) is 0 Å². The van der Waals surface area contributed by atoms with Gasteiger partial charge in [0.15, 0.2) is 0 Å². The summed E-state index contributed by atoms with van der Waals surface area (Å²) in [5.74, 6) is -0.932. The average Bonchev–Trinajstić information content (AvgIpc) is 3.30. The van der Waals surface area contributed by atoms with Gasteiger partial charge in [-0.25, -0.2) is 13.2 Å². The Morgan fingerprint density at radius 3 is 2.47 bits per heavy atom. The van der Waals surface area contributed by atoms with Crippen LogP contribution in [0.15, 0.2) is 47.4 Å². The smallest absolute Gasteiger partial charge is 0.339 e. The van der Waals surface area contributed by atoms with Gasteiger partial charge in [-0.1, -0.05) is 12.1 Å². The van der Waals surface area contributed by atoms with Gasteiger partial charge in [0, 0.05) is 18.7 Å². The molecule has 1 saturated heterocycles. The van der Waals surface area contributed by atoms with Crippen LogP contribution in [0.25, 0.3) is 0 Å². The molecule has 0 bridgehead atoms. The highest BCUT2D eigenvalue weighted by molar-refractivity contribution is 7.89. The van der Waals surface area contributed by atoms with Crippen molar-refractivity contribution in [1.29, 1.82) is 0 Å². The van der Waals surface area contributed by atoms with Crippen LogP contribution in [0.2, 0.25) is 0 Å². The fourth-order valence-electron chi connectivity index (χ4n) is 3.27. The van der Waals surface area contributed by atoms with Crippen LogP contribution in [0.5, 0.6) is 5.75 Å². The number of hydrogen-bond donors (Lipinski definition) is 1. The van der Waals surface area contributed by atoms with Crippen molar-refractivity contribution in [3.05, 3.63) is 53.6 Å². The molecule has 0 aliphatic carbocycles. The number of nitrogens with one attached hydrogen (secondary N) is 1. The molecule has 1 N–H and O–H groups in total. The lowest BCUT2D eigenvalue weighted by molar-refractivity contribution is 0.0602. The minimum absolute atomic E-state index is 0.0415. The van der Waals surface area contributed by atoms with E-state index in [4.69, 9.17) is 9.47 Å². The summed E-state index contributed by atoms with van der Waals surface area (Å²) in [7, 11) is -2.54. The molecule has 30 heavy (non-hydrogen) atoms. The second-order valence-corrected chi connectivity index (χ2v) is 8.60. The van der Waals surface area contributed by atoms with Crippen molar-refractivity contribution in [1.82, 2.24) is 4.31 Å². The summed E-state index contributed by atoms with van der Waals surface area (Å²) in [5.41, 5.74) is 0.604. The van der Waals surface area contributed by atoms with Gasteiger partial charge in [0.1, 0.15) is 10.6 Å². The van der Waals surface area contributed by atoms with Gasteiger partial charge in [0.2, 0.25) is 10.0 Å². The molecular formula is C21H24N2O6S. The first-order valence-electron chi connectivity index (χ1n) is 9.64. The number of amides is 1. The van der Waals surface area contributed by atoms with E-state index in [9.17, 15) is 18.0 Å². The Hall–Kier alpha value is -2.91. The van der Waals surface area contributed by atoms with Gasteiger partial charge in [0.05, 0.1) is 25.0 Å². The van der Waals surface area contributed by atoms with Crippen molar-refractivity contribution in [3.63, 3.8) is 0 Å². The third-order valence-corrected chi connectivity index (χ3v) is 6.69. The van der Waals surface area contributed by atoms with E-state index < -0.39 is 21.9 Å². The lowest BCUT2D eigenvalue weighted by Crippen LogP contribution is -2.28. The largest absolute Gasteiger partial charge is 0.492 e. The quantitative estimate of drug-likeness (QED) is 0.675. The molecule has 1 amide bonds. The molecule has 3 rings (SSSR count). The second kappa shape index (κ2) is 9.27. The van der Waals surface area contributed by atoms with Crippen molar-refractivity contribution < 1.29 is 27.5 Å². The monoisotopic (exact) mass is 432 g/mol. The number of anilines is 1. The highest BCUT2D eigenvalue weighted by atomic mass is 32.2. The molecule has 1 fully saturated rings. The van der Waals surface area contributed by atoms with Gasteiger partial charge in [-0.3, -0.25) is 4.79 Å². The number of esters is 1. The van der Waals surface area contributed by atoms with Crippen molar-refractivity contribution in [2.45, 2.75) is 24.7 Å². The Balaban J connectivity index is 1.95. The third-order valence-electron chi connectivity index (χ3n) is 4.77. The molecule has 8 nitrogen and oxygen atoms in total. The fraction of sp³-hybridized carbons (Fsp3) is 0.333. The maximum Gasteiger partial charge on any atom is 0.339 e. The molecule has 9 heteroatoms. The van der Waals surface area contributed by atoms with Gasteiger partial charge in [0.25, 0.3) is 5.91 Å². The maximum atomic E-state index is 13.1. The summed E-state index contributed by atoms with van der Waals surface area (Å²) in [6.45, 7) is 2.94. The lowest BCUT2D eigenvalue weighted by Gasteiger charge is -2.19. The Bertz CT molecular complexity index is 1050. The Kier molecular flexibility index (Phi) is 6.73. The van der Waals surface area contributed by atoms with Crippen LogP contribution in [0.1, 0.15) is 40.5 Å². The molecule has 1 heterocycles. The number of rotatable bonds is 7. The maximum absolute atomic E-state index is 13.1. The van der Waals surface area contributed by atoms with Crippen molar-refractivity contribution in [3.8, 4) is 5.75 Å². The molecule has 0 atom stereocenters.